The van der Waals surface area contributed by atoms with E-state index in [9.17, 15) is 4.79 Å². The van der Waals surface area contributed by atoms with Crippen LogP contribution < -0.4 is 5.32 Å². The fourth-order valence-corrected chi connectivity index (χ4v) is 2.80. The molecule has 2 rings (SSSR count). The summed E-state index contributed by atoms with van der Waals surface area (Å²) >= 11 is 1.93. The molecule has 0 unspecified atom stereocenters. The van der Waals surface area contributed by atoms with E-state index in [1.807, 2.05) is 23.9 Å². The van der Waals surface area contributed by atoms with Gasteiger partial charge in [-0.2, -0.15) is 11.8 Å². The third-order valence-corrected chi connectivity index (χ3v) is 3.66. The zero-order valence-corrected chi connectivity index (χ0v) is 9.39. The molecule has 0 aromatic carbocycles. The maximum atomic E-state index is 11.7. The van der Waals surface area contributed by atoms with E-state index in [1.54, 1.807) is 6.26 Å². The fourth-order valence-electron chi connectivity index (χ4n) is 1.69. The smallest absolute Gasteiger partial charge is 0.223 e. The van der Waals surface area contributed by atoms with Gasteiger partial charge in [0.2, 0.25) is 5.91 Å². The largest absolute Gasteiger partial charge is 0.467 e. The minimum absolute atomic E-state index is 0.173. The van der Waals surface area contributed by atoms with Crippen LogP contribution in [0.2, 0.25) is 0 Å². The summed E-state index contributed by atoms with van der Waals surface area (Å²) in [7, 11) is 0. The molecule has 0 bridgehead atoms. The quantitative estimate of drug-likeness (QED) is 0.856. The van der Waals surface area contributed by atoms with Gasteiger partial charge in [0.05, 0.1) is 12.8 Å². The third-order valence-electron chi connectivity index (χ3n) is 2.61. The van der Waals surface area contributed by atoms with Gasteiger partial charge in [-0.15, -0.1) is 0 Å². The van der Waals surface area contributed by atoms with Gasteiger partial charge in [0.1, 0.15) is 5.76 Å². The van der Waals surface area contributed by atoms with E-state index in [1.165, 1.54) is 0 Å². The molecule has 4 heteroatoms. The first kappa shape index (κ1) is 10.6. The van der Waals surface area contributed by atoms with Crippen molar-refractivity contribution in [3.8, 4) is 0 Å². The molecule has 1 aromatic rings. The first-order chi connectivity index (χ1) is 7.36. The van der Waals surface area contributed by atoms with Crippen molar-refractivity contribution >= 4 is 17.7 Å². The molecule has 1 fully saturated rings. The van der Waals surface area contributed by atoms with Crippen LogP contribution in [0.1, 0.15) is 18.6 Å². The minimum Gasteiger partial charge on any atom is -0.467 e. The molecule has 3 nitrogen and oxygen atoms in total. The molecule has 1 aliphatic rings. The number of hydrogen-bond acceptors (Lipinski definition) is 3. The van der Waals surface area contributed by atoms with Gasteiger partial charge < -0.3 is 9.73 Å². The van der Waals surface area contributed by atoms with Crippen LogP contribution in [0.4, 0.5) is 0 Å². The van der Waals surface area contributed by atoms with Gasteiger partial charge in [0, 0.05) is 5.92 Å². The van der Waals surface area contributed by atoms with Crippen molar-refractivity contribution in [2.75, 3.05) is 11.5 Å². The van der Waals surface area contributed by atoms with Crippen molar-refractivity contribution < 1.29 is 9.21 Å². The maximum Gasteiger partial charge on any atom is 0.223 e. The Morgan fingerprint density at radius 1 is 1.53 bits per heavy atom. The van der Waals surface area contributed by atoms with Crippen molar-refractivity contribution in [1.82, 2.24) is 5.32 Å². The summed E-state index contributed by atoms with van der Waals surface area (Å²) in [4.78, 5) is 11.7. The molecule has 1 N–H and O–H groups in total. The lowest BCUT2D eigenvalue weighted by Crippen LogP contribution is -2.32. The molecule has 15 heavy (non-hydrogen) atoms. The number of carbonyl (C=O) groups is 1. The molecule has 1 aromatic heterocycles. The third kappa shape index (κ3) is 3.02. The van der Waals surface area contributed by atoms with Crippen LogP contribution in [0.3, 0.4) is 0 Å². The Balaban J connectivity index is 1.76. The molecule has 1 aliphatic heterocycles. The van der Waals surface area contributed by atoms with Crippen molar-refractivity contribution in [1.29, 1.82) is 0 Å². The zero-order valence-electron chi connectivity index (χ0n) is 8.57. The number of hydrogen-bond donors (Lipinski definition) is 1. The number of amides is 1. The van der Waals surface area contributed by atoms with Crippen molar-refractivity contribution in [3.05, 3.63) is 24.2 Å². The van der Waals surface area contributed by atoms with Gasteiger partial charge in [-0.1, -0.05) is 0 Å². The van der Waals surface area contributed by atoms with E-state index in [-0.39, 0.29) is 11.8 Å². The van der Waals surface area contributed by atoms with Crippen molar-refractivity contribution in [2.45, 2.75) is 19.4 Å². The van der Waals surface area contributed by atoms with Crippen LogP contribution in [0.5, 0.6) is 0 Å². The molecule has 82 valence electrons. The summed E-state index contributed by atoms with van der Waals surface area (Å²) in [6, 6.07) is 3.70. The average molecular weight is 225 g/mol. The predicted octanol–water partition coefficient (Wildman–Crippen LogP) is 2.04. The number of nitrogens with one attached hydrogen (secondary N) is 1. The van der Waals surface area contributed by atoms with Gasteiger partial charge in [-0.3, -0.25) is 4.79 Å². The predicted molar refractivity (Wildman–Crippen MR) is 60.6 cm³/mol. The highest BCUT2D eigenvalue weighted by Crippen LogP contribution is 2.22. The van der Waals surface area contributed by atoms with Crippen molar-refractivity contribution in [2.24, 2.45) is 5.92 Å². The molecule has 0 saturated carbocycles. The second-order valence-electron chi connectivity index (χ2n) is 3.68. The van der Waals surface area contributed by atoms with Gasteiger partial charge in [-0.05, 0) is 36.5 Å². The lowest BCUT2D eigenvalue weighted by molar-refractivity contribution is -0.125. The first-order valence-corrected chi connectivity index (χ1v) is 6.39. The summed E-state index contributed by atoms with van der Waals surface area (Å²) in [5, 5.41) is 2.91. The summed E-state index contributed by atoms with van der Waals surface area (Å²) in [5.41, 5.74) is 0. The van der Waals surface area contributed by atoms with Crippen LogP contribution in [0.15, 0.2) is 22.8 Å². The Kier molecular flexibility index (Phi) is 3.72. The second kappa shape index (κ2) is 5.26. The van der Waals surface area contributed by atoms with Crippen LogP contribution in [0, 0.1) is 5.92 Å². The fraction of sp³-hybridized carbons (Fsp3) is 0.545. The Morgan fingerprint density at radius 2 is 2.33 bits per heavy atom. The molecule has 1 saturated heterocycles. The summed E-state index contributed by atoms with van der Waals surface area (Å²) in [5.74, 6) is 3.42. The molecule has 0 aliphatic carbocycles. The Labute approximate surface area is 93.6 Å². The van der Waals surface area contributed by atoms with Gasteiger partial charge in [-0.25, -0.2) is 0 Å². The number of carbonyl (C=O) groups excluding carboxylic acids is 1. The molecule has 0 radical (unpaired) electrons. The van der Waals surface area contributed by atoms with Crippen LogP contribution >= 0.6 is 11.8 Å². The van der Waals surface area contributed by atoms with Crippen LogP contribution in [-0.2, 0) is 11.3 Å². The standard InChI is InChI=1S/C11H15NO2S/c13-11(9-3-6-15-7-4-9)12-8-10-2-1-5-14-10/h1-2,5,9H,3-4,6-8H2,(H,12,13). The lowest BCUT2D eigenvalue weighted by Gasteiger charge is -2.20. The van der Waals surface area contributed by atoms with E-state index in [0.717, 1.165) is 30.1 Å². The monoisotopic (exact) mass is 225 g/mol. The summed E-state index contributed by atoms with van der Waals surface area (Å²) in [6.07, 6.45) is 3.64. The highest BCUT2D eigenvalue weighted by molar-refractivity contribution is 7.99. The normalized spacial score (nSPS) is 17.6. The van der Waals surface area contributed by atoms with E-state index >= 15 is 0 Å². The minimum atomic E-state index is 0.173. The van der Waals surface area contributed by atoms with Gasteiger partial charge in [0.25, 0.3) is 0 Å². The zero-order chi connectivity index (χ0) is 10.5. The molecular weight excluding hydrogens is 210 g/mol. The molecule has 1 amide bonds. The van der Waals surface area contributed by atoms with Crippen LogP contribution in [-0.4, -0.2) is 17.4 Å². The number of rotatable bonds is 3. The highest BCUT2D eigenvalue weighted by atomic mass is 32.2. The van der Waals surface area contributed by atoms with Gasteiger partial charge >= 0.3 is 0 Å². The summed E-state index contributed by atoms with van der Waals surface area (Å²) < 4.78 is 5.15. The first-order valence-electron chi connectivity index (χ1n) is 5.24. The van der Waals surface area contributed by atoms with Gasteiger partial charge in [0.15, 0.2) is 0 Å². The summed E-state index contributed by atoms with van der Waals surface area (Å²) in [6.45, 7) is 0.509. The Morgan fingerprint density at radius 3 is 3.00 bits per heavy atom. The Hall–Kier alpha value is -0.900. The van der Waals surface area contributed by atoms with E-state index in [4.69, 9.17) is 4.42 Å². The number of thioether (sulfide) groups is 1. The van der Waals surface area contributed by atoms with E-state index in [0.29, 0.717) is 6.54 Å². The van der Waals surface area contributed by atoms with Crippen LogP contribution in [0.25, 0.3) is 0 Å². The lowest BCUT2D eigenvalue weighted by atomic mass is 10.0. The highest BCUT2D eigenvalue weighted by Gasteiger charge is 2.20. The molecule has 0 spiro atoms. The molecular formula is C11H15NO2S. The SMILES string of the molecule is O=C(NCc1ccco1)C1CCSCC1. The van der Waals surface area contributed by atoms with Crippen molar-refractivity contribution in [3.63, 3.8) is 0 Å². The molecule has 0 atom stereocenters. The van der Waals surface area contributed by atoms with E-state index < -0.39 is 0 Å². The maximum absolute atomic E-state index is 11.7. The Bertz CT molecular complexity index is 304. The number of furan rings is 1. The topological polar surface area (TPSA) is 42.2 Å². The molecule has 2 heterocycles. The second-order valence-corrected chi connectivity index (χ2v) is 4.91. The average Bonchev–Trinajstić information content (AvgIpc) is 2.80. The van der Waals surface area contributed by atoms with E-state index in [2.05, 4.69) is 5.32 Å².